The Bertz CT molecular complexity index is 498. The second-order valence-electron chi connectivity index (χ2n) is 4.41. The van der Waals surface area contributed by atoms with Gasteiger partial charge in [-0.3, -0.25) is 4.68 Å². The fourth-order valence-corrected chi connectivity index (χ4v) is 1.81. The highest BCUT2D eigenvalue weighted by Gasteiger charge is 2.06. The maximum Gasteiger partial charge on any atom is 0.203 e. The van der Waals surface area contributed by atoms with Gasteiger partial charge in [0.2, 0.25) is 5.95 Å². The molecule has 0 aromatic carbocycles. The summed E-state index contributed by atoms with van der Waals surface area (Å²) < 4.78 is 3.85. The van der Waals surface area contributed by atoms with Gasteiger partial charge in [0, 0.05) is 32.8 Å². The molecule has 0 aliphatic carbocycles. The molecule has 0 aliphatic rings. The summed E-state index contributed by atoms with van der Waals surface area (Å²) in [5.41, 5.74) is 1.03. The Balaban J connectivity index is 1.99. The van der Waals surface area contributed by atoms with Gasteiger partial charge in [-0.25, -0.2) is 9.97 Å². The Morgan fingerprint density at radius 1 is 1.39 bits per heavy atom. The minimum atomic E-state index is 0.817. The monoisotopic (exact) mass is 248 g/mol. The lowest BCUT2D eigenvalue weighted by Crippen LogP contribution is -2.09. The average Bonchev–Trinajstić information content (AvgIpc) is 2.90. The standard InChI is InChI=1S/C12H20N6/c1-4-6-13-12-15-10(2)8-18(12)7-5-11-14-9-17(3)16-11/h8-9H,4-7H2,1-3H3,(H,13,15). The van der Waals surface area contributed by atoms with Crippen LogP contribution in [0.4, 0.5) is 5.95 Å². The van der Waals surface area contributed by atoms with Crippen LogP contribution in [0.5, 0.6) is 0 Å². The van der Waals surface area contributed by atoms with Crippen molar-refractivity contribution in [2.24, 2.45) is 7.05 Å². The van der Waals surface area contributed by atoms with Crippen molar-refractivity contribution in [3.8, 4) is 0 Å². The molecule has 2 aromatic rings. The number of aromatic nitrogens is 5. The molecule has 6 nitrogen and oxygen atoms in total. The molecule has 0 amide bonds. The summed E-state index contributed by atoms with van der Waals surface area (Å²) in [4.78, 5) is 8.70. The number of hydrogen-bond acceptors (Lipinski definition) is 4. The first-order chi connectivity index (χ1) is 8.69. The predicted molar refractivity (Wildman–Crippen MR) is 70.5 cm³/mol. The first-order valence-electron chi connectivity index (χ1n) is 6.31. The number of nitrogens with one attached hydrogen (secondary N) is 1. The van der Waals surface area contributed by atoms with Crippen LogP contribution in [-0.4, -0.2) is 30.9 Å². The third kappa shape index (κ3) is 3.09. The molecule has 2 heterocycles. The van der Waals surface area contributed by atoms with Crippen LogP contribution in [0.15, 0.2) is 12.5 Å². The van der Waals surface area contributed by atoms with E-state index in [1.807, 2.05) is 14.0 Å². The SMILES string of the molecule is CCCNc1nc(C)cn1CCc1ncn(C)n1. The average molecular weight is 248 g/mol. The first-order valence-corrected chi connectivity index (χ1v) is 6.31. The van der Waals surface area contributed by atoms with E-state index >= 15 is 0 Å². The molecule has 0 fully saturated rings. The summed E-state index contributed by atoms with van der Waals surface area (Å²) >= 11 is 0. The fraction of sp³-hybridized carbons (Fsp3) is 0.583. The zero-order chi connectivity index (χ0) is 13.0. The van der Waals surface area contributed by atoms with Crippen molar-refractivity contribution in [1.82, 2.24) is 24.3 Å². The van der Waals surface area contributed by atoms with Crippen LogP contribution in [0.2, 0.25) is 0 Å². The largest absolute Gasteiger partial charge is 0.356 e. The Labute approximate surface area is 107 Å². The van der Waals surface area contributed by atoms with Crippen LogP contribution in [-0.2, 0) is 20.0 Å². The van der Waals surface area contributed by atoms with Crippen molar-refractivity contribution in [3.63, 3.8) is 0 Å². The molecule has 2 rings (SSSR count). The van der Waals surface area contributed by atoms with Crippen LogP contribution in [0.25, 0.3) is 0 Å². The van der Waals surface area contributed by atoms with E-state index in [1.54, 1.807) is 11.0 Å². The minimum absolute atomic E-state index is 0.817. The van der Waals surface area contributed by atoms with Crippen molar-refractivity contribution in [2.45, 2.75) is 33.2 Å². The van der Waals surface area contributed by atoms with Crippen LogP contribution in [0, 0.1) is 6.92 Å². The summed E-state index contributed by atoms with van der Waals surface area (Å²) in [6.07, 6.45) is 5.69. The first kappa shape index (κ1) is 12.6. The molecule has 2 aromatic heterocycles. The molecule has 0 spiro atoms. The predicted octanol–water partition coefficient (Wildman–Crippen LogP) is 1.38. The zero-order valence-corrected chi connectivity index (χ0v) is 11.2. The number of nitrogens with zero attached hydrogens (tertiary/aromatic N) is 5. The lowest BCUT2D eigenvalue weighted by molar-refractivity contribution is 0.660. The molecular formula is C12H20N6. The number of aryl methyl sites for hydroxylation is 4. The highest BCUT2D eigenvalue weighted by Crippen LogP contribution is 2.09. The minimum Gasteiger partial charge on any atom is -0.356 e. The molecule has 0 aliphatic heterocycles. The maximum absolute atomic E-state index is 4.47. The highest BCUT2D eigenvalue weighted by molar-refractivity contribution is 5.28. The Morgan fingerprint density at radius 3 is 2.89 bits per heavy atom. The molecule has 0 unspecified atom stereocenters. The number of hydrogen-bond donors (Lipinski definition) is 1. The van der Waals surface area contributed by atoms with E-state index in [2.05, 4.69) is 38.1 Å². The maximum atomic E-state index is 4.47. The van der Waals surface area contributed by atoms with Crippen molar-refractivity contribution in [3.05, 3.63) is 24.0 Å². The molecule has 0 atom stereocenters. The van der Waals surface area contributed by atoms with E-state index in [0.717, 1.165) is 43.4 Å². The summed E-state index contributed by atoms with van der Waals surface area (Å²) in [5.74, 6) is 1.80. The molecule has 0 saturated heterocycles. The highest BCUT2D eigenvalue weighted by atomic mass is 15.3. The molecule has 0 radical (unpaired) electrons. The van der Waals surface area contributed by atoms with Crippen molar-refractivity contribution in [1.29, 1.82) is 0 Å². The van der Waals surface area contributed by atoms with E-state index in [4.69, 9.17) is 0 Å². The second kappa shape index (κ2) is 5.66. The van der Waals surface area contributed by atoms with E-state index in [0.29, 0.717) is 0 Å². The van der Waals surface area contributed by atoms with Crippen LogP contribution in [0.3, 0.4) is 0 Å². The van der Waals surface area contributed by atoms with Crippen LogP contribution < -0.4 is 5.32 Å². The van der Waals surface area contributed by atoms with Gasteiger partial charge in [-0.1, -0.05) is 6.92 Å². The number of anilines is 1. The zero-order valence-electron chi connectivity index (χ0n) is 11.2. The molecular weight excluding hydrogens is 228 g/mol. The van der Waals surface area contributed by atoms with Gasteiger partial charge >= 0.3 is 0 Å². The summed E-state index contributed by atoms with van der Waals surface area (Å²) in [5, 5.41) is 7.61. The lowest BCUT2D eigenvalue weighted by Gasteiger charge is -2.07. The van der Waals surface area contributed by atoms with Crippen LogP contribution >= 0.6 is 0 Å². The third-order valence-corrected chi connectivity index (χ3v) is 2.65. The number of imidazole rings is 1. The Hall–Kier alpha value is -1.85. The van der Waals surface area contributed by atoms with Crippen LogP contribution in [0.1, 0.15) is 24.9 Å². The normalized spacial score (nSPS) is 10.8. The second-order valence-corrected chi connectivity index (χ2v) is 4.41. The Kier molecular flexibility index (Phi) is 3.96. The van der Waals surface area contributed by atoms with E-state index in [1.165, 1.54) is 0 Å². The molecule has 98 valence electrons. The third-order valence-electron chi connectivity index (χ3n) is 2.65. The lowest BCUT2D eigenvalue weighted by atomic mass is 10.4. The van der Waals surface area contributed by atoms with E-state index in [-0.39, 0.29) is 0 Å². The van der Waals surface area contributed by atoms with Gasteiger partial charge in [0.05, 0.1) is 5.69 Å². The van der Waals surface area contributed by atoms with Gasteiger partial charge < -0.3 is 9.88 Å². The van der Waals surface area contributed by atoms with Gasteiger partial charge in [-0.2, -0.15) is 5.10 Å². The van der Waals surface area contributed by atoms with Gasteiger partial charge in [0.15, 0.2) is 5.82 Å². The van der Waals surface area contributed by atoms with Gasteiger partial charge in [0.25, 0.3) is 0 Å². The van der Waals surface area contributed by atoms with E-state index in [9.17, 15) is 0 Å². The quantitative estimate of drug-likeness (QED) is 0.839. The molecule has 6 heteroatoms. The smallest absolute Gasteiger partial charge is 0.203 e. The number of rotatable bonds is 6. The molecule has 18 heavy (non-hydrogen) atoms. The van der Waals surface area contributed by atoms with Gasteiger partial charge in [-0.05, 0) is 13.3 Å². The summed E-state index contributed by atoms with van der Waals surface area (Å²) in [6, 6.07) is 0. The topological polar surface area (TPSA) is 60.6 Å². The molecule has 0 bridgehead atoms. The Morgan fingerprint density at radius 2 is 2.22 bits per heavy atom. The van der Waals surface area contributed by atoms with Gasteiger partial charge in [0.1, 0.15) is 6.33 Å². The van der Waals surface area contributed by atoms with Gasteiger partial charge in [-0.15, -0.1) is 0 Å². The van der Waals surface area contributed by atoms with Crippen molar-refractivity contribution < 1.29 is 0 Å². The van der Waals surface area contributed by atoms with E-state index < -0.39 is 0 Å². The molecule has 1 N–H and O–H groups in total. The van der Waals surface area contributed by atoms with Crippen molar-refractivity contribution >= 4 is 5.95 Å². The molecule has 0 saturated carbocycles. The fourth-order valence-electron chi connectivity index (χ4n) is 1.81. The van der Waals surface area contributed by atoms with Crippen molar-refractivity contribution in [2.75, 3.05) is 11.9 Å². The summed E-state index contributed by atoms with van der Waals surface area (Å²) in [7, 11) is 1.88. The summed E-state index contributed by atoms with van der Waals surface area (Å²) in [6.45, 7) is 5.94.